The van der Waals surface area contributed by atoms with E-state index in [1.165, 1.54) is 6.07 Å². The van der Waals surface area contributed by atoms with E-state index in [0.29, 0.717) is 12.1 Å². The number of hydrogen-bond donors (Lipinski definition) is 1. The van der Waals surface area contributed by atoms with E-state index in [1.807, 2.05) is 11.0 Å². The van der Waals surface area contributed by atoms with Gasteiger partial charge in [0.2, 0.25) is 0 Å². The molecule has 0 spiro atoms. The third-order valence-corrected chi connectivity index (χ3v) is 3.18. The van der Waals surface area contributed by atoms with Crippen molar-refractivity contribution >= 4 is 5.97 Å². The van der Waals surface area contributed by atoms with Gasteiger partial charge in [-0.25, -0.2) is 4.39 Å². The van der Waals surface area contributed by atoms with Crippen molar-refractivity contribution in [2.45, 2.75) is 6.54 Å². The number of piperazine rings is 1. The monoisotopic (exact) mass is 252 g/mol. The lowest BCUT2D eigenvalue weighted by Crippen LogP contribution is -2.47. The van der Waals surface area contributed by atoms with E-state index in [-0.39, 0.29) is 12.4 Å². The second-order valence-corrected chi connectivity index (χ2v) is 4.54. The summed E-state index contributed by atoms with van der Waals surface area (Å²) < 4.78 is 13.5. The van der Waals surface area contributed by atoms with Crippen LogP contribution in [0, 0.1) is 5.82 Å². The number of aliphatic carboxylic acids is 1. The van der Waals surface area contributed by atoms with E-state index < -0.39 is 5.97 Å². The zero-order chi connectivity index (χ0) is 13.0. The average molecular weight is 252 g/mol. The van der Waals surface area contributed by atoms with E-state index in [9.17, 15) is 9.18 Å². The Hall–Kier alpha value is -1.46. The Bertz CT molecular complexity index is 417. The number of rotatable bonds is 4. The molecule has 98 valence electrons. The highest BCUT2D eigenvalue weighted by Crippen LogP contribution is 2.11. The second kappa shape index (κ2) is 5.93. The van der Waals surface area contributed by atoms with Gasteiger partial charge in [0.1, 0.15) is 5.82 Å². The fraction of sp³-hybridized carbons (Fsp3) is 0.462. The standard InChI is InChI=1S/C13H17FN2O2/c14-12-4-2-1-3-11(12)9-15-5-7-16(8-6-15)10-13(17)18/h1-4H,5-10H2,(H,17,18). The first kappa shape index (κ1) is 13.0. The van der Waals surface area contributed by atoms with Crippen molar-refractivity contribution in [2.75, 3.05) is 32.7 Å². The van der Waals surface area contributed by atoms with Gasteiger partial charge >= 0.3 is 5.97 Å². The van der Waals surface area contributed by atoms with Crippen LogP contribution in [0.4, 0.5) is 4.39 Å². The molecule has 1 heterocycles. The summed E-state index contributed by atoms with van der Waals surface area (Å²) >= 11 is 0. The predicted molar refractivity (Wildman–Crippen MR) is 65.8 cm³/mol. The molecule has 0 aliphatic carbocycles. The Kier molecular flexibility index (Phi) is 4.28. The zero-order valence-corrected chi connectivity index (χ0v) is 10.2. The first-order valence-electron chi connectivity index (χ1n) is 6.05. The van der Waals surface area contributed by atoms with Gasteiger partial charge in [-0.3, -0.25) is 14.6 Å². The highest BCUT2D eigenvalue weighted by Gasteiger charge is 2.19. The number of carbonyl (C=O) groups is 1. The smallest absolute Gasteiger partial charge is 0.317 e. The van der Waals surface area contributed by atoms with Crippen LogP contribution in [0.2, 0.25) is 0 Å². The van der Waals surface area contributed by atoms with E-state index in [2.05, 4.69) is 4.90 Å². The van der Waals surface area contributed by atoms with Crippen molar-refractivity contribution in [1.29, 1.82) is 0 Å². The third kappa shape index (κ3) is 3.51. The van der Waals surface area contributed by atoms with Crippen molar-refractivity contribution in [3.63, 3.8) is 0 Å². The molecule has 0 atom stereocenters. The number of nitrogens with zero attached hydrogens (tertiary/aromatic N) is 2. The van der Waals surface area contributed by atoms with Crippen LogP contribution in [0.25, 0.3) is 0 Å². The molecule has 2 rings (SSSR count). The molecule has 18 heavy (non-hydrogen) atoms. The van der Waals surface area contributed by atoms with Crippen molar-refractivity contribution in [2.24, 2.45) is 0 Å². The van der Waals surface area contributed by atoms with Gasteiger partial charge in [0.05, 0.1) is 6.54 Å². The molecule has 1 fully saturated rings. The Labute approximate surface area is 106 Å². The van der Waals surface area contributed by atoms with E-state index in [0.717, 1.165) is 26.2 Å². The van der Waals surface area contributed by atoms with Gasteiger partial charge in [-0.15, -0.1) is 0 Å². The molecule has 1 aromatic carbocycles. The second-order valence-electron chi connectivity index (χ2n) is 4.54. The topological polar surface area (TPSA) is 43.8 Å². The number of hydrogen-bond acceptors (Lipinski definition) is 3. The van der Waals surface area contributed by atoms with E-state index in [1.54, 1.807) is 12.1 Å². The molecule has 0 bridgehead atoms. The molecule has 5 heteroatoms. The highest BCUT2D eigenvalue weighted by atomic mass is 19.1. The van der Waals surface area contributed by atoms with Crippen molar-refractivity contribution < 1.29 is 14.3 Å². The van der Waals surface area contributed by atoms with E-state index in [4.69, 9.17) is 5.11 Å². The van der Waals surface area contributed by atoms with Gasteiger partial charge < -0.3 is 5.11 Å². The van der Waals surface area contributed by atoms with Gasteiger partial charge in [-0.2, -0.15) is 0 Å². The summed E-state index contributed by atoms with van der Waals surface area (Å²) in [5.41, 5.74) is 0.698. The maximum Gasteiger partial charge on any atom is 0.317 e. The van der Waals surface area contributed by atoms with Crippen LogP contribution in [-0.2, 0) is 11.3 Å². The minimum atomic E-state index is -0.794. The van der Waals surface area contributed by atoms with Gasteiger partial charge in [0.15, 0.2) is 0 Å². The van der Waals surface area contributed by atoms with Crippen molar-refractivity contribution in [3.05, 3.63) is 35.6 Å². The largest absolute Gasteiger partial charge is 0.480 e. The van der Waals surface area contributed by atoms with Crippen LogP contribution in [0.15, 0.2) is 24.3 Å². The molecule has 0 aromatic heterocycles. The van der Waals surface area contributed by atoms with Gasteiger partial charge in [-0.1, -0.05) is 18.2 Å². The Balaban J connectivity index is 1.84. The quantitative estimate of drug-likeness (QED) is 0.869. The summed E-state index contributed by atoms with van der Waals surface area (Å²) in [7, 11) is 0. The Morgan fingerprint density at radius 1 is 1.17 bits per heavy atom. The third-order valence-electron chi connectivity index (χ3n) is 3.18. The summed E-state index contributed by atoms with van der Waals surface area (Å²) in [6.45, 7) is 3.69. The summed E-state index contributed by atoms with van der Waals surface area (Å²) in [6.07, 6.45) is 0. The highest BCUT2D eigenvalue weighted by molar-refractivity contribution is 5.69. The molecule has 0 unspecified atom stereocenters. The zero-order valence-electron chi connectivity index (χ0n) is 10.2. The van der Waals surface area contributed by atoms with Crippen molar-refractivity contribution in [1.82, 2.24) is 9.80 Å². The Morgan fingerprint density at radius 3 is 2.39 bits per heavy atom. The normalized spacial score (nSPS) is 17.8. The molecule has 0 saturated carbocycles. The maximum atomic E-state index is 13.5. The SMILES string of the molecule is O=C(O)CN1CCN(Cc2ccccc2F)CC1. The molecule has 1 saturated heterocycles. The average Bonchev–Trinajstić information content (AvgIpc) is 2.34. The van der Waals surface area contributed by atoms with Crippen LogP contribution >= 0.6 is 0 Å². The van der Waals surface area contributed by atoms with Crippen LogP contribution in [0.5, 0.6) is 0 Å². The summed E-state index contributed by atoms with van der Waals surface area (Å²) in [5, 5.41) is 8.70. The fourth-order valence-corrected chi connectivity index (χ4v) is 2.16. The van der Waals surface area contributed by atoms with Crippen molar-refractivity contribution in [3.8, 4) is 0 Å². The minimum absolute atomic E-state index is 0.0908. The lowest BCUT2D eigenvalue weighted by Gasteiger charge is -2.33. The number of carboxylic acids is 1. The first-order valence-corrected chi connectivity index (χ1v) is 6.05. The van der Waals surface area contributed by atoms with Crippen LogP contribution in [0.1, 0.15) is 5.56 Å². The molecule has 1 aliphatic heterocycles. The van der Waals surface area contributed by atoms with Crippen LogP contribution < -0.4 is 0 Å². The molecule has 4 nitrogen and oxygen atoms in total. The summed E-state index contributed by atoms with van der Waals surface area (Å²) in [5.74, 6) is -0.969. The van der Waals surface area contributed by atoms with Gasteiger partial charge in [0.25, 0.3) is 0 Å². The molecule has 1 aliphatic rings. The van der Waals surface area contributed by atoms with E-state index >= 15 is 0 Å². The lowest BCUT2D eigenvalue weighted by molar-refractivity contribution is -0.138. The molecule has 0 radical (unpaired) electrons. The maximum absolute atomic E-state index is 13.5. The number of halogens is 1. The van der Waals surface area contributed by atoms with Crippen LogP contribution in [-0.4, -0.2) is 53.6 Å². The number of benzene rings is 1. The van der Waals surface area contributed by atoms with Gasteiger partial charge in [-0.05, 0) is 6.07 Å². The first-order chi connectivity index (χ1) is 8.65. The molecule has 1 N–H and O–H groups in total. The summed E-state index contributed by atoms with van der Waals surface area (Å²) in [6, 6.07) is 6.78. The molecular weight excluding hydrogens is 235 g/mol. The van der Waals surface area contributed by atoms with Crippen LogP contribution in [0.3, 0.4) is 0 Å². The molecule has 1 aromatic rings. The number of carboxylic acid groups (broad SMARTS) is 1. The predicted octanol–water partition coefficient (Wildman–Crippen LogP) is 1.03. The Morgan fingerprint density at radius 2 is 1.78 bits per heavy atom. The van der Waals surface area contributed by atoms with Gasteiger partial charge in [0, 0.05) is 38.3 Å². The molecule has 0 amide bonds. The minimum Gasteiger partial charge on any atom is -0.480 e. The lowest BCUT2D eigenvalue weighted by atomic mass is 10.2. The summed E-state index contributed by atoms with van der Waals surface area (Å²) in [4.78, 5) is 14.6. The molecular formula is C13H17FN2O2. The fourth-order valence-electron chi connectivity index (χ4n) is 2.16.